The van der Waals surface area contributed by atoms with Crippen molar-refractivity contribution in [1.29, 1.82) is 0 Å². The lowest BCUT2D eigenvalue weighted by Gasteiger charge is -2.13. The van der Waals surface area contributed by atoms with Crippen LogP contribution in [0.25, 0.3) is 0 Å². The number of aryl methyl sites for hydroxylation is 1. The number of nitrogens with one attached hydrogen (secondary N) is 1. The Morgan fingerprint density at radius 3 is 2.95 bits per heavy atom. The summed E-state index contributed by atoms with van der Waals surface area (Å²) in [6, 6.07) is 12.7. The number of hydrogen-bond donors (Lipinski definition) is 1. The third-order valence-electron chi connectivity index (χ3n) is 3.67. The molecule has 3 heteroatoms. The van der Waals surface area contributed by atoms with Crippen LogP contribution in [0, 0.1) is 6.92 Å². The van der Waals surface area contributed by atoms with Gasteiger partial charge in [-0.05, 0) is 48.7 Å². The van der Waals surface area contributed by atoms with Crippen molar-refractivity contribution in [2.45, 2.75) is 26.8 Å². The molecule has 1 aliphatic heterocycles. The van der Waals surface area contributed by atoms with Gasteiger partial charge in [0.1, 0.15) is 11.5 Å². The number of benzene rings is 2. The number of hydrogen-bond acceptors (Lipinski definition) is 3. The molecule has 0 fully saturated rings. The predicted molar refractivity (Wildman–Crippen MR) is 85.3 cm³/mol. The largest absolute Gasteiger partial charge is 0.493 e. The fraction of sp³-hybridized carbons (Fsp3) is 0.333. The molecular formula is C18H21NO2. The van der Waals surface area contributed by atoms with Crippen molar-refractivity contribution in [3.8, 4) is 11.5 Å². The molecule has 1 heterocycles. The van der Waals surface area contributed by atoms with E-state index in [2.05, 4.69) is 48.6 Å². The zero-order valence-electron chi connectivity index (χ0n) is 12.6. The van der Waals surface area contributed by atoms with Gasteiger partial charge in [-0.25, -0.2) is 0 Å². The van der Waals surface area contributed by atoms with Crippen molar-refractivity contribution in [2.75, 3.05) is 18.5 Å². The van der Waals surface area contributed by atoms with Gasteiger partial charge in [-0.3, -0.25) is 0 Å². The van der Waals surface area contributed by atoms with Crippen molar-refractivity contribution in [1.82, 2.24) is 0 Å². The molecule has 0 saturated carbocycles. The molecule has 3 rings (SSSR count). The van der Waals surface area contributed by atoms with Crippen LogP contribution in [0.4, 0.5) is 5.69 Å². The zero-order chi connectivity index (χ0) is 14.7. The average molecular weight is 283 g/mol. The summed E-state index contributed by atoms with van der Waals surface area (Å²) < 4.78 is 11.2. The Morgan fingerprint density at radius 2 is 2.10 bits per heavy atom. The van der Waals surface area contributed by atoms with E-state index in [1.807, 2.05) is 6.92 Å². The van der Waals surface area contributed by atoms with Crippen LogP contribution in [0.2, 0.25) is 0 Å². The van der Waals surface area contributed by atoms with Crippen LogP contribution >= 0.6 is 0 Å². The van der Waals surface area contributed by atoms with Gasteiger partial charge in [-0.15, -0.1) is 0 Å². The van der Waals surface area contributed by atoms with Crippen LogP contribution in [-0.2, 0) is 13.0 Å². The Morgan fingerprint density at radius 1 is 1.19 bits per heavy atom. The molecule has 2 aromatic rings. The van der Waals surface area contributed by atoms with Crippen LogP contribution in [-0.4, -0.2) is 13.2 Å². The Bertz CT molecular complexity index is 637. The number of rotatable bonds is 5. The highest BCUT2D eigenvalue weighted by atomic mass is 16.5. The molecule has 0 saturated heterocycles. The predicted octanol–water partition coefficient (Wildman–Crippen LogP) is 3.94. The molecule has 2 aromatic carbocycles. The Hall–Kier alpha value is -2.16. The molecule has 0 aliphatic carbocycles. The standard InChI is InChI=1S/C18H21NO2/c1-3-20-18-10-13(2)4-6-16(18)19-12-14-5-7-17-15(11-14)8-9-21-17/h4-7,10-11,19H,3,8-9,12H2,1-2H3. The second-order valence-corrected chi connectivity index (χ2v) is 5.33. The third kappa shape index (κ3) is 3.13. The van der Waals surface area contributed by atoms with Gasteiger partial charge in [0.05, 0.1) is 18.9 Å². The molecule has 0 bridgehead atoms. The summed E-state index contributed by atoms with van der Waals surface area (Å²) in [5.74, 6) is 1.95. The Balaban J connectivity index is 1.72. The van der Waals surface area contributed by atoms with Crippen LogP contribution < -0.4 is 14.8 Å². The van der Waals surface area contributed by atoms with Gasteiger partial charge >= 0.3 is 0 Å². The fourth-order valence-corrected chi connectivity index (χ4v) is 2.60. The molecule has 0 amide bonds. The molecule has 1 N–H and O–H groups in total. The Labute approximate surface area is 125 Å². The second-order valence-electron chi connectivity index (χ2n) is 5.33. The van der Waals surface area contributed by atoms with E-state index in [-0.39, 0.29) is 0 Å². The topological polar surface area (TPSA) is 30.5 Å². The molecule has 3 nitrogen and oxygen atoms in total. The smallest absolute Gasteiger partial charge is 0.142 e. The molecule has 0 unspecified atom stereocenters. The normalized spacial score (nSPS) is 12.7. The van der Waals surface area contributed by atoms with Crippen LogP contribution in [0.5, 0.6) is 11.5 Å². The molecule has 0 spiro atoms. The van der Waals surface area contributed by atoms with E-state index in [0.717, 1.165) is 36.8 Å². The summed E-state index contributed by atoms with van der Waals surface area (Å²) in [5.41, 5.74) is 4.82. The van der Waals surface area contributed by atoms with Crippen LogP contribution in [0.3, 0.4) is 0 Å². The van der Waals surface area contributed by atoms with E-state index in [4.69, 9.17) is 9.47 Å². The highest BCUT2D eigenvalue weighted by Gasteiger charge is 2.12. The lowest BCUT2D eigenvalue weighted by Crippen LogP contribution is -2.03. The monoisotopic (exact) mass is 283 g/mol. The quantitative estimate of drug-likeness (QED) is 0.901. The molecule has 21 heavy (non-hydrogen) atoms. The first-order valence-corrected chi connectivity index (χ1v) is 7.48. The summed E-state index contributed by atoms with van der Waals surface area (Å²) in [6.45, 7) is 6.35. The highest BCUT2D eigenvalue weighted by Crippen LogP contribution is 2.28. The van der Waals surface area contributed by atoms with E-state index in [0.29, 0.717) is 6.61 Å². The molecule has 110 valence electrons. The minimum atomic E-state index is 0.675. The van der Waals surface area contributed by atoms with E-state index >= 15 is 0 Å². The maximum absolute atomic E-state index is 5.70. The molecule has 0 aromatic heterocycles. The first-order chi connectivity index (χ1) is 10.3. The molecule has 0 atom stereocenters. The van der Waals surface area contributed by atoms with Gasteiger partial charge in [-0.2, -0.15) is 0 Å². The lowest BCUT2D eigenvalue weighted by molar-refractivity contribution is 0.341. The van der Waals surface area contributed by atoms with Crippen molar-refractivity contribution in [2.24, 2.45) is 0 Å². The second kappa shape index (κ2) is 6.08. The first-order valence-electron chi connectivity index (χ1n) is 7.48. The lowest BCUT2D eigenvalue weighted by atomic mass is 10.1. The zero-order valence-corrected chi connectivity index (χ0v) is 12.6. The minimum absolute atomic E-state index is 0.675. The third-order valence-corrected chi connectivity index (χ3v) is 3.67. The van der Waals surface area contributed by atoms with Gasteiger partial charge in [0.2, 0.25) is 0 Å². The summed E-state index contributed by atoms with van der Waals surface area (Å²) >= 11 is 0. The van der Waals surface area contributed by atoms with Crippen molar-refractivity contribution >= 4 is 5.69 Å². The van der Waals surface area contributed by atoms with Crippen molar-refractivity contribution in [3.63, 3.8) is 0 Å². The summed E-state index contributed by atoms with van der Waals surface area (Å²) in [6.07, 6.45) is 1.01. The number of fused-ring (bicyclic) bond motifs is 1. The Kier molecular flexibility index (Phi) is 4.00. The fourth-order valence-electron chi connectivity index (χ4n) is 2.60. The number of ether oxygens (including phenoxy) is 2. The van der Waals surface area contributed by atoms with E-state index in [1.165, 1.54) is 16.7 Å². The highest BCUT2D eigenvalue weighted by molar-refractivity contribution is 5.58. The maximum atomic E-state index is 5.70. The summed E-state index contributed by atoms with van der Waals surface area (Å²) in [5, 5.41) is 3.47. The van der Waals surface area contributed by atoms with E-state index < -0.39 is 0 Å². The van der Waals surface area contributed by atoms with Gasteiger partial charge < -0.3 is 14.8 Å². The van der Waals surface area contributed by atoms with Crippen molar-refractivity contribution in [3.05, 3.63) is 53.1 Å². The summed E-state index contributed by atoms with van der Waals surface area (Å²) in [7, 11) is 0. The van der Waals surface area contributed by atoms with E-state index in [1.54, 1.807) is 0 Å². The van der Waals surface area contributed by atoms with Gasteiger partial charge in [-0.1, -0.05) is 18.2 Å². The van der Waals surface area contributed by atoms with Crippen LogP contribution in [0.15, 0.2) is 36.4 Å². The average Bonchev–Trinajstić information content (AvgIpc) is 2.94. The van der Waals surface area contributed by atoms with Crippen molar-refractivity contribution < 1.29 is 9.47 Å². The summed E-state index contributed by atoms with van der Waals surface area (Å²) in [4.78, 5) is 0. The SMILES string of the molecule is CCOc1cc(C)ccc1NCc1ccc2c(c1)CCO2. The molecule has 1 aliphatic rings. The van der Waals surface area contributed by atoms with Gasteiger partial charge in [0.15, 0.2) is 0 Å². The van der Waals surface area contributed by atoms with Gasteiger partial charge in [0.25, 0.3) is 0 Å². The molecule has 0 radical (unpaired) electrons. The maximum Gasteiger partial charge on any atom is 0.142 e. The molecular weight excluding hydrogens is 262 g/mol. The number of anilines is 1. The van der Waals surface area contributed by atoms with Gasteiger partial charge in [0, 0.05) is 13.0 Å². The van der Waals surface area contributed by atoms with Crippen LogP contribution in [0.1, 0.15) is 23.6 Å². The minimum Gasteiger partial charge on any atom is -0.493 e. The first kappa shape index (κ1) is 13.8. The van der Waals surface area contributed by atoms with E-state index in [9.17, 15) is 0 Å².